The predicted octanol–water partition coefficient (Wildman–Crippen LogP) is 2.55. The molecule has 0 spiro atoms. The molecule has 1 fully saturated rings. The molecule has 6 heteroatoms. The Labute approximate surface area is 129 Å². The maximum Gasteiger partial charge on any atom is 0.339 e. The summed E-state index contributed by atoms with van der Waals surface area (Å²) in [7, 11) is 1.31. The van der Waals surface area contributed by atoms with Crippen molar-refractivity contribution in [2.45, 2.75) is 32.4 Å². The molecule has 1 aliphatic heterocycles. The quantitative estimate of drug-likeness (QED) is 0.868. The highest BCUT2D eigenvalue weighted by Crippen LogP contribution is 2.24. The Hall–Kier alpha value is -1.75. The fraction of sp³-hybridized carbons (Fsp3) is 0.467. The Balaban J connectivity index is 2.09. The molecule has 0 radical (unpaired) electrons. The highest BCUT2D eigenvalue weighted by atomic mass is 35.5. The van der Waals surface area contributed by atoms with Gasteiger partial charge >= 0.3 is 5.97 Å². The minimum Gasteiger partial charge on any atom is -0.465 e. The minimum absolute atomic E-state index is 0.0955. The molecule has 5 nitrogen and oxygen atoms in total. The second-order valence-electron chi connectivity index (χ2n) is 5.30. The molecule has 0 aromatic heterocycles. The number of nitrogens with one attached hydrogen (secondary N) is 1. The van der Waals surface area contributed by atoms with Crippen LogP contribution in [-0.2, 0) is 9.53 Å². The van der Waals surface area contributed by atoms with Crippen LogP contribution in [0.25, 0.3) is 0 Å². The standard InChI is InChI=1S/C15H19ClN2O3/c1-9(2)18-7-6-13(14(18)19)17-10-4-5-11(12(16)8-10)15(20)21-3/h4-5,8-9,13,17H,6-7H2,1-3H3/t13-/m1/s1. The van der Waals surface area contributed by atoms with Gasteiger partial charge in [0.1, 0.15) is 6.04 Å². The van der Waals surface area contributed by atoms with Crippen molar-refractivity contribution in [1.29, 1.82) is 0 Å². The first kappa shape index (κ1) is 15.6. The number of halogens is 1. The molecule has 1 atom stereocenters. The maximum absolute atomic E-state index is 12.2. The van der Waals surface area contributed by atoms with Crippen LogP contribution in [0.15, 0.2) is 18.2 Å². The fourth-order valence-corrected chi connectivity index (χ4v) is 2.69. The average molecular weight is 311 g/mol. The van der Waals surface area contributed by atoms with E-state index in [1.165, 1.54) is 7.11 Å². The molecule has 1 aliphatic rings. The van der Waals surface area contributed by atoms with Crippen LogP contribution in [0.4, 0.5) is 5.69 Å². The summed E-state index contributed by atoms with van der Waals surface area (Å²) in [6.45, 7) is 4.76. The van der Waals surface area contributed by atoms with Gasteiger partial charge < -0.3 is 15.0 Å². The summed E-state index contributed by atoms with van der Waals surface area (Å²) >= 11 is 6.07. The molecular formula is C15H19ClN2O3. The molecule has 1 N–H and O–H groups in total. The van der Waals surface area contributed by atoms with Crippen molar-refractivity contribution >= 4 is 29.2 Å². The van der Waals surface area contributed by atoms with Crippen LogP contribution >= 0.6 is 11.6 Å². The molecular weight excluding hydrogens is 292 g/mol. The Morgan fingerprint density at radius 1 is 1.48 bits per heavy atom. The van der Waals surface area contributed by atoms with Gasteiger partial charge in [0.15, 0.2) is 0 Å². The first-order valence-corrected chi connectivity index (χ1v) is 7.26. The van der Waals surface area contributed by atoms with Gasteiger partial charge in [-0.25, -0.2) is 4.79 Å². The van der Waals surface area contributed by atoms with E-state index in [0.717, 1.165) is 18.7 Å². The average Bonchev–Trinajstić information content (AvgIpc) is 2.80. The number of amides is 1. The van der Waals surface area contributed by atoms with Gasteiger partial charge in [-0.15, -0.1) is 0 Å². The summed E-state index contributed by atoms with van der Waals surface area (Å²) in [5, 5.41) is 3.48. The number of carbonyl (C=O) groups excluding carboxylic acids is 2. The lowest BCUT2D eigenvalue weighted by atomic mass is 10.1. The monoisotopic (exact) mass is 310 g/mol. The van der Waals surface area contributed by atoms with Crippen molar-refractivity contribution in [3.05, 3.63) is 28.8 Å². The third-order valence-corrected chi connectivity index (χ3v) is 3.89. The number of hydrogen-bond acceptors (Lipinski definition) is 4. The normalized spacial score (nSPS) is 18.2. The molecule has 1 amide bonds. The number of rotatable bonds is 4. The number of methoxy groups -OCH3 is 1. The van der Waals surface area contributed by atoms with Gasteiger partial charge in [-0.3, -0.25) is 4.79 Å². The smallest absolute Gasteiger partial charge is 0.339 e. The van der Waals surface area contributed by atoms with Crippen LogP contribution < -0.4 is 5.32 Å². The minimum atomic E-state index is -0.477. The van der Waals surface area contributed by atoms with Crippen molar-refractivity contribution < 1.29 is 14.3 Å². The second kappa shape index (κ2) is 6.35. The zero-order valence-electron chi connectivity index (χ0n) is 12.4. The van der Waals surface area contributed by atoms with Crippen LogP contribution in [0.3, 0.4) is 0 Å². The molecule has 0 unspecified atom stereocenters. The molecule has 2 rings (SSSR count). The molecule has 0 aliphatic carbocycles. The molecule has 1 aromatic rings. The van der Waals surface area contributed by atoms with Gasteiger partial charge in [0.05, 0.1) is 17.7 Å². The Bertz CT molecular complexity index is 560. The Kier molecular flexibility index (Phi) is 4.73. The molecule has 0 saturated carbocycles. The van der Waals surface area contributed by atoms with Crippen molar-refractivity contribution in [3.8, 4) is 0 Å². The largest absolute Gasteiger partial charge is 0.465 e. The SMILES string of the molecule is COC(=O)c1ccc(N[C@@H]2CCN(C(C)C)C2=O)cc1Cl. The number of hydrogen-bond donors (Lipinski definition) is 1. The summed E-state index contributed by atoms with van der Waals surface area (Å²) in [5.74, 6) is -0.382. The molecule has 1 aromatic carbocycles. The molecule has 0 bridgehead atoms. The van der Waals surface area contributed by atoms with E-state index in [2.05, 4.69) is 10.1 Å². The van der Waals surface area contributed by atoms with Gasteiger partial charge in [0.2, 0.25) is 5.91 Å². The van der Waals surface area contributed by atoms with Crippen LogP contribution in [0.1, 0.15) is 30.6 Å². The van der Waals surface area contributed by atoms with Crippen molar-refractivity contribution in [2.24, 2.45) is 0 Å². The van der Waals surface area contributed by atoms with Gasteiger partial charge in [-0.05, 0) is 38.5 Å². The molecule has 114 valence electrons. The highest BCUT2D eigenvalue weighted by Gasteiger charge is 2.32. The van der Waals surface area contributed by atoms with Gasteiger partial charge in [-0.1, -0.05) is 11.6 Å². The number of esters is 1. The zero-order chi connectivity index (χ0) is 15.6. The van der Waals surface area contributed by atoms with E-state index in [0.29, 0.717) is 10.6 Å². The third-order valence-electron chi connectivity index (χ3n) is 3.58. The first-order valence-electron chi connectivity index (χ1n) is 6.89. The summed E-state index contributed by atoms with van der Waals surface area (Å²) in [6.07, 6.45) is 0.757. The lowest BCUT2D eigenvalue weighted by Gasteiger charge is -2.21. The molecule has 21 heavy (non-hydrogen) atoms. The summed E-state index contributed by atoms with van der Waals surface area (Å²) in [6, 6.07) is 4.92. The topological polar surface area (TPSA) is 58.6 Å². The van der Waals surface area contributed by atoms with E-state index in [1.807, 2.05) is 18.7 Å². The van der Waals surface area contributed by atoms with Gasteiger partial charge in [0, 0.05) is 18.3 Å². The number of likely N-dealkylation sites (tertiary alicyclic amines) is 1. The van der Waals surface area contributed by atoms with E-state index < -0.39 is 5.97 Å². The lowest BCUT2D eigenvalue weighted by Crippen LogP contribution is -2.37. The van der Waals surface area contributed by atoms with Crippen molar-refractivity contribution in [2.75, 3.05) is 19.0 Å². The highest BCUT2D eigenvalue weighted by molar-refractivity contribution is 6.33. The van der Waals surface area contributed by atoms with Gasteiger partial charge in [0.25, 0.3) is 0 Å². The third kappa shape index (κ3) is 3.29. The van der Waals surface area contributed by atoms with Crippen LogP contribution in [-0.4, -0.2) is 42.5 Å². The lowest BCUT2D eigenvalue weighted by molar-refractivity contribution is -0.129. The van der Waals surface area contributed by atoms with Crippen molar-refractivity contribution in [1.82, 2.24) is 4.90 Å². The number of ether oxygens (including phenoxy) is 1. The summed E-state index contributed by atoms with van der Waals surface area (Å²) in [4.78, 5) is 25.5. The van der Waals surface area contributed by atoms with Crippen LogP contribution in [0, 0.1) is 0 Å². The summed E-state index contributed by atoms with van der Waals surface area (Å²) in [5.41, 5.74) is 1.03. The van der Waals surface area contributed by atoms with E-state index in [4.69, 9.17) is 11.6 Å². The Morgan fingerprint density at radius 2 is 2.19 bits per heavy atom. The number of carbonyl (C=O) groups is 2. The van der Waals surface area contributed by atoms with E-state index in [9.17, 15) is 9.59 Å². The number of anilines is 1. The van der Waals surface area contributed by atoms with Crippen LogP contribution in [0.2, 0.25) is 5.02 Å². The predicted molar refractivity (Wildman–Crippen MR) is 81.7 cm³/mol. The Morgan fingerprint density at radius 3 is 2.71 bits per heavy atom. The van der Waals surface area contributed by atoms with E-state index in [1.54, 1.807) is 18.2 Å². The van der Waals surface area contributed by atoms with E-state index in [-0.39, 0.29) is 18.0 Å². The molecule has 1 heterocycles. The van der Waals surface area contributed by atoms with Crippen LogP contribution in [0.5, 0.6) is 0 Å². The summed E-state index contributed by atoms with van der Waals surface area (Å²) < 4.78 is 4.64. The second-order valence-corrected chi connectivity index (χ2v) is 5.70. The first-order chi connectivity index (χ1) is 9.93. The van der Waals surface area contributed by atoms with Gasteiger partial charge in [-0.2, -0.15) is 0 Å². The van der Waals surface area contributed by atoms with Crippen molar-refractivity contribution in [3.63, 3.8) is 0 Å². The zero-order valence-corrected chi connectivity index (χ0v) is 13.1. The fourth-order valence-electron chi connectivity index (χ4n) is 2.43. The number of benzene rings is 1. The number of nitrogens with zero attached hydrogens (tertiary/aromatic N) is 1. The maximum atomic E-state index is 12.2. The molecule has 1 saturated heterocycles. The van der Waals surface area contributed by atoms with E-state index >= 15 is 0 Å².